The molecule has 1 N–H and O–H groups in total. The summed E-state index contributed by atoms with van der Waals surface area (Å²) in [4.78, 5) is 26.5. The Kier molecular flexibility index (Phi) is 3.64. The van der Waals surface area contributed by atoms with Crippen molar-refractivity contribution in [2.45, 2.75) is 6.42 Å². The van der Waals surface area contributed by atoms with E-state index in [0.29, 0.717) is 27.9 Å². The lowest BCUT2D eigenvalue weighted by Gasteiger charge is -2.10. The zero-order valence-electron chi connectivity index (χ0n) is 12.9. The molecular weight excluding hydrogens is 334 g/mol. The van der Waals surface area contributed by atoms with E-state index in [-0.39, 0.29) is 5.56 Å². The van der Waals surface area contributed by atoms with E-state index < -0.39 is 0 Å². The van der Waals surface area contributed by atoms with Gasteiger partial charge in [0.05, 0.1) is 12.5 Å². The Morgan fingerprint density at radius 3 is 2.64 bits per heavy atom. The number of nitriles is 1. The van der Waals surface area contributed by atoms with Crippen molar-refractivity contribution in [1.29, 1.82) is 5.26 Å². The first-order valence-electron chi connectivity index (χ1n) is 7.58. The van der Waals surface area contributed by atoms with Crippen molar-refractivity contribution >= 4 is 38.0 Å². The lowest BCUT2D eigenvalue weighted by atomic mass is 9.95. The number of thiophene rings is 1. The number of nitrogens with zero attached hydrogens (tertiary/aromatic N) is 2. The molecule has 0 amide bonds. The molecule has 0 saturated carbocycles. The van der Waals surface area contributed by atoms with Crippen LogP contribution in [0.5, 0.6) is 0 Å². The molecule has 2 aromatic carbocycles. The number of aromatic nitrogens is 1. The monoisotopic (exact) mass is 345 g/mol. The van der Waals surface area contributed by atoms with Gasteiger partial charge in [0.15, 0.2) is 0 Å². The highest BCUT2D eigenvalue weighted by Crippen LogP contribution is 2.40. The number of aromatic amines is 1. The summed E-state index contributed by atoms with van der Waals surface area (Å²) >= 11 is 1.37. The van der Waals surface area contributed by atoms with Crippen LogP contribution < -0.4 is 5.56 Å². The Hall–Kier alpha value is -3.30. The van der Waals surface area contributed by atoms with Crippen LogP contribution in [0.2, 0.25) is 0 Å². The van der Waals surface area contributed by atoms with Crippen molar-refractivity contribution < 1.29 is 0 Å². The number of rotatable bonds is 3. The molecule has 0 unspecified atom stereocenters. The molecule has 0 aliphatic carbocycles. The molecule has 25 heavy (non-hydrogen) atoms. The summed E-state index contributed by atoms with van der Waals surface area (Å²) in [5.74, 6) is 0. The number of nitroso groups, excluding NO2 is 1. The van der Waals surface area contributed by atoms with Crippen molar-refractivity contribution in [3.05, 3.63) is 68.7 Å². The second-order valence-corrected chi connectivity index (χ2v) is 6.54. The van der Waals surface area contributed by atoms with E-state index in [1.807, 2.05) is 35.7 Å². The molecule has 0 spiro atoms. The van der Waals surface area contributed by atoms with Gasteiger partial charge in [-0.25, -0.2) is 0 Å². The van der Waals surface area contributed by atoms with E-state index in [0.717, 1.165) is 21.9 Å². The number of hydrogen-bond acceptors (Lipinski definition) is 5. The second kappa shape index (κ2) is 5.96. The Labute approximate surface area is 146 Å². The molecule has 5 nitrogen and oxygen atoms in total. The lowest BCUT2D eigenvalue weighted by molar-refractivity contribution is 1.26. The summed E-state index contributed by atoms with van der Waals surface area (Å²) in [6.07, 6.45) is 0.330. The highest BCUT2D eigenvalue weighted by molar-refractivity contribution is 7.17. The summed E-state index contributed by atoms with van der Waals surface area (Å²) in [7, 11) is 0. The number of benzene rings is 2. The molecule has 0 atom stereocenters. The van der Waals surface area contributed by atoms with Crippen LogP contribution in [0.25, 0.3) is 32.1 Å². The minimum Gasteiger partial charge on any atom is -0.321 e. The molecule has 2 heterocycles. The molecule has 0 aliphatic rings. The topological polar surface area (TPSA) is 86.1 Å². The second-order valence-electron chi connectivity index (χ2n) is 5.62. The first-order chi connectivity index (χ1) is 12.2. The van der Waals surface area contributed by atoms with Crippen LogP contribution in [0, 0.1) is 16.2 Å². The minimum absolute atomic E-state index is 0.139. The van der Waals surface area contributed by atoms with Gasteiger partial charge in [0.1, 0.15) is 10.4 Å². The fraction of sp³-hybridized carbons (Fsp3) is 0.0526. The Morgan fingerprint density at radius 1 is 1.12 bits per heavy atom. The minimum atomic E-state index is -0.139. The van der Waals surface area contributed by atoms with Crippen LogP contribution in [-0.4, -0.2) is 4.98 Å². The first kappa shape index (κ1) is 15.2. The number of fused-ring (bicyclic) bond motifs is 3. The van der Waals surface area contributed by atoms with Crippen molar-refractivity contribution in [1.82, 2.24) is 4.98 Å². The molecule has 4 rings (SSSR count). The van der Waals surface area contributed by atoms with Gasteiger partial charge >= 0.3 is 0 Å². The Bertz CT molecular complexity index is 1210. The quantitative estimate of drug-likeness (QED) is 0.537. The summed E-state index contributed by atoms with van der Waals surface area (Å²) < 4.78 is 0.623. The standard InChI is InChI=1S/C19H11N3O2S/c20-9-7-11-1-3-12(4-2-11)16-15(22-24)6-5-14-17(16)13-8-10-25-18(13)19(23)21-14/h1-6,8,10H,7H2,(H,21,23). The molecular formula is C19H11N3O2S. The number of nitrogens with one attached hydrogen (secondary N) is 1. The van der Waals surface area contributed by atoms with Crippen molar-refractivity contribution in [2.75, 3.05) is 0 Å². The average molecular weight is 345 g/mol. The fourth-order valence-corrected chi connectivity index (χ4v) is 3.88. The van der Waals surface area contributed by atoms with Crippen LogP contribution in [0.4, 0.5) is 5.69 Å². The molecule has 4 aromatic rings. The largest absolute Gasteiger partial charge is 0.321 e. The van der Waals surface area contributed by atoms with Gasteiger partial charge in [-0.1, -0.05) is 24.3 Å². The van der Waals surface area contributed by atoms with E-state index in [4.69, 9.17) is 5.26 Å². The predicted molar refractivity (Wildman–Crippen MR) is 100 cm³/mol. The maximum Gasteiger partial charge on any atom is 0.266 e. The third-order valence-electron chi connectivity index (χ3n) is 4.20. The van der Waals surface area contributed by atoms with E-state index >= 15 is 0 Å². The van der Waals surface area contributed by atoms with Gasteiger partial charge in [0.25, 0.3) is 5.56 Å². The van der Waals surface area contributed by atoms with E-state index in [1.54, 1.807) is 12.1 Å². The summed E-state index contributed by atoms with van der Waals surface area (Å²) in [5.41, 5.74) is 3.26. The van der Waals surface area contributed by atoms with Crippen molar-refractivity contribution in [3.63, 3.8) is 0 Å². The van der Waals surface area contributed by atoms with Crippen LogP contribution in [0.15, 0.2) is 57.8 Å². The van der Waals surface area contributed by atoms with Crippen molar-refractivity contribution in [3.8, 4) is 17.2 Å². The number of pyridine rings is 1. The van der Waals surface area contributed by atoms with Gasteiger partial charge < -0.3 is 4.98 Å². The molecule has 0 fully saturated rings. The van der Waals surface area contributed by atoms with E-state index in [1.165, 1.54) is 11.3 Å². The fourth-order valence-electron chi connectivity index (χ4n) is 3.09. The SMILES string of the molecule is N#CCc1ccc(-c2c(N=O)ccc3[nH]c(=O)c4sccc4c23)cc1. The van der Waals surface area contributed by atoms with Crippen LogP contribution >= 0.6 is 11.3 Å². The smallest absolute Gasteiger partial charge is 0.266 e. The van der Waals surface area contributed by atoms with E-state index in [2.05, 4.69) is 16.2 Å². The highest BCUT2D eigenvalue weighted by Gasteiger charge is 2.16. The van der Waals surface area contributed by atoms with Gasteiger partial charge in [-0.15, -0.1) is 16.2 Å². The normalized spacial score (nSPS) is 10.8. The maximum atomic E-state index is 12.2. The van der Waals surface area contributed by atoms with Crippen LogP contribution in [0.3, 0.4) is 0 Å². The first-order valence-corrected chi connectivity index (χ1v) is 8.46. The maximum absolute atomic E-state index is 12.2. The molecule has 0 bridgehead atoms. The summed E-state index contributed by atoms with van der Waals surface area (Å²) in [6.45, 7) is 0. The zero-order valence-corrected chi connectivity index (χ0v) is 13.8. The Morgan fingerprint density at radius 2 is 1.92 bits per heavy atom. The van der Waals surface area contributed by atoms with Gasteiger partial charge in [0.2, 0.25) is 0 Å². The van der Waals surface area contributed by atoms with Gasteiger partial charge in [-0.3, -0.25) is 4.79 Å². The number of hydrogen-bond donors (Lipinski definition) is 1. The van der Waals surface area contributed by atoms with Gasteiger partial charge in [0, 0.05) is 21.9 Å². The molecule has 0 radical (unpaired) electrons. The third kappa shape index (κ3) is 2.42. The Balaban J connectivity index is 2.10. The molecule has 0 saturated heterocycles. The zero-order chi connectivity index (χ0) is 17.4. The predicted octanol–water partition coefficient (Wildman–Crippen LogP) is 4.87. The highest BCUT2D eigenvalue weighted by atomic mass is 32.1. The van der Waals surface area contributed by atoms with E-state index in [9.17, 15) is 9.70 Å². The molecule has 2 aromatic heterocycles. The van der Waals surface area contributed by atoms with Crippen molar-refractivity contribution in [2.24, 2.45) is 5.18 Å². The average Bonchev–Trinajstić information content (AvgIpc) is 3.12. The summed E-state index contributed by atoms with van der Waals surface area (Å²) in [5, 5.41) is 15.5. The number of H-pyrrole nitrogens is 1. The molecule has 6 heteroatoms. The molecule has 0 aliphatic heterocycles. The van der Waals surface area contributed by atoms with Crippen LogP contribution in [-0.2, 0) is 6.42 Å². The van der Waals surface area contributed by atoms with Gasteiger partial charge in [-0.2, -0.15) is 5.26 Å². The van der Waals surface area contributed by atoms with Gasteiger partial charge in [-0.05, 0) is 39.9 Å². The lowest BCUT2D eigenvalue weighted by Crippen LogP contribution is -2.04. The third-order valence-corrected chi connectivity index (χ3v) is 5.11. The summed E-state index contributed by atoms with van der Waals surface area (Å²) in [6, 6.07) is 14.8. The molecule has 120 valence electrons. The van der Waals surface area contributed by atoms with Crippen LogP contribution in [0.1, 0.15) is 5.56 Å².